The Bertz CT molecular complexity index is 867. The number of anilines is 1. The molecule has 0 radical (unpaired) electrons. The number of nitrogens with zero attached hydrogens (tertiary/aromatic N) is 3. The molecular formula is C14H14ClN5O. The molecule has 1 aromatic carbocycles. The van der Waals surface area contributed by atoms with E-state index in [2.05, 4.69) is 20.4 Å². The molecule has 3 aromatic rings. The number of H-pyrrole nitrogens is 1. The highest BCUT2D eigenvalue weighted by atomic mass is 35.5. The van der Waals surface area contributed by atoms with Crippen molar-refractivity contribution in [3.8, 4) is 0 Å². The molecule has 2 N–H and O–H groups in total. The number of rotatable bonds is 3. The van der Waals surface area contributed by atoms with Crippen LogP contribution in [-0.4, -0.2) is 19.7 Å². The predicted octanol–water partition coefficient (Wildman–Crippen LogP) is 2.23. The van der Waals surface area contributed by atoms with Crippen molar-refractivity contribution in [2.24, 2.45) is 7.05 Å². The fourth-order valence-corrected chi connectivity index (χ4v) is 2.36. The summed E-state index contributed by atoms with van der Waals surface area (Å²) in [6, 6.07) is 5.04. The van der Waals surface area contributed by atoms with Crippen molar-refractivity contribution in [3.05, 3.63) is 51.3 Å². The smallest absolute Gasteiger partial charge is 0.258 e. The van der Waals surface area contributed by atoms with Gasteiger partial charge in [-0.05, 0) is 25.1 Å². The second-order valence-electron chi connectivity index (χ2n) is 4.83. The summed E-state index contributed by atoms with van der Waals surface area (Å²) in [6.45, 7) is 2.32. The maximum Gasteiger partial charge on any atom is 0.258 e. The molecule has 0 aliphatic carbocycles. The molecule has 0 unspecified atom stereocenters. The van der Waals surface area contributed by atoms with Gasteiger partial charge in [0, 0.05) is 18.3 Å². The summed E-state index contributed by atoms with van der Waals surface area (Å²) in [4.78, 5) is 19.2. The number of aromatic amines is 1. The number of nitrogens with one attached hydrogen (secondary N) is 2. The fourth-order valence-electron chi connectivity index (χ4n) is 2.20. The van der Waals surface area contributed by atoms with Crippen molar-refractivity contribution >= 4 is 28.2 Å². The first-order chi connectivity index (χ1) is 10.0. The Morgan fingerprint density at radius 2 is 2.24 bits per heavy atom. The third-order valence-electron chi connectivity index (χ3n) is 3.18. The van der Waals surface area contributed by atoms with E-state index < -0.39 is 0 Å². The molecule has 6 nitrogen and oxygen atoms in total. The van der Waals surface area contributed by atoms with E-state index in [0.717, 1.165) is 11.4 Å². The summed E-state index contributed by atoms with van der Waals surface area (Å²) in [5.41, 5.74) is 2.22. The van der Waals surface area contributed by atoms with Crippen molar-refractivity contribution in [3.63, 3.8) is 0 Å². The third-order valence-corrected chi connectivity index (χ3v) is 3.41. The highest BCUT2D eigenvalue weighted by molar-refractivity contribution is 6.31. The first-order valence-corrected chi connectivity index (χ1v) is 6.83. The van der Waals surface area contributed by atoms with E-state index >= 15 is 0 Å². The van der Waals surface area contributed by atoms with Gasteiger partial charge in [0.1, 0.15) is 5.82 Å². The van der Waals surface area contributed by atoms with Crippen LogP contribution in [0.2, 0.25) is 5.02 Å². The van der Waals surface area contributed by atoms with Crippen molar-refractivity contribution in [2.45, 2.75) is 13.5 Å². The first kappa shape index (κ1) is 13.6. The number of aromatic nitrogens is 4. The number of fused-ring (bicyclic) bond motifs is 1. The van der Waals surface area contributed by atoms with Gasteiger partial charge in [-0.25, -0.2) is 4.98 Å². The minimum Gasteiger partial charge on any atom is -0.375 e. The van der Waals surface area contributed by atoms with Gasteiger partial charge in [0.05, 0.1) is 28.8 Å². The Balaban J connectivity index is 1.90. The van der Waals surface area contributed by atoms with Gasteiger partial charge in [0.25, 0.3) is 5.56 Å². The van der Waals surface area contributed by atoms with Crippen LogP contribution in [0, 0.1) is 6.92 Å². The molecule has 21 heavy (non-hydrogen) atoms. The van der Waals surface area contributed by atoms with Gasteiger partial charge in [-0.2, -0.15) is 5.10 Å². The zero-order valence-corrected chi connectivity index (χ0v) is 12.4. The van der Waals surface area contributed by atoms with Crippen LogP contribution < -0.4 is 10.9 Å². The van der Waals surface area contributed by atoms with Gasteiger partial charge >= 0.3 is 0 Å². The van der Waals surface area contributed by atoms with Crippen molar-refractivity contribution in [1.29, 1.82) is 0 Å². The Morgan fingerprint density at radius 3 is 2.95 bits per heavy atom. The summed E-state index contributed by atoms with van der Waals surface area (Å²) < 4.78 is 1.73. The zero-order chi connectivity index (χ0) is 15.0. The van der Waals surface area contributed by atoms with Gasteiger partial charge in [0.15, 0.2) is 0 Å². The van der Waals surface area contributed by atoms with Crippen LogP contribution in [0.5, 0.6) is 0 Å². The minimum atomic E-state index is -0.170. The van der Waals surface area contributed by atoms with Crippen molar-refractivity contribution in [2.75, 3.05) is 5.32 Å². The lowest BCUT2D eigenvalue weighted by atomic mass is 10.2. The van der Waals surface area contributed by atoms with Crippen LogP contribution in [0.15, 0.2) is 29.2 Å². The molecule has 0 spiro atoms. The Kier molecular flexibility index (Phi) is 3.39. The molecule has 0 amide bonds. The maximum atomic E-state index is 12.0. The van der Waals surface area contributed by atoms with E-state index in [9.17, 15) is 4.79 Å². The highest BCUT2D eigenvalue weighted by Crippen LogP contribution is 2.15. The standard InChI is InChI=1S/C14H14ClN5O/c1-8-12(7-20(2)19-8)16-6-13-17-11-5-9(15)3-4-10(11)14(21)18-13/h3-5,7,16H,6H2,1-2H3,(H,17,18,21). The Labute approximate surface area is 125 Å². The van der Waals surface area contributed by atoms with Crippen molar-refractivity contribution < 1.29 is 0 Å². The van der Waals surface area contributed by atoms with Gasteiger partial charge in [0.2, 0.25) is 0 Å². The van der Waals surface area contributed by atoms with Crippen LogP contribution in [0.4, 0.5) is 5.69 Å². The molecule has 0 atom stereocenters. The topological polar surface area (TPSA) is 75.6 Å². The lowest BCUT2D eigenvalue weighted by Crippen LogP contribution is -2.14. The molecular weight excluding hydrogens is 290 g/mol. The summed E-state index contributed by atoms with van der Waals surface area (Å²) in [7, 11) is 1.86. The molecule has 0 saturated heterocycles. The van der Waals surface area contributed by atoms with E-state index in [1.807, 2.05) is 20.2 Å². The molecule has 0 saturated carbocycles. The first-order valence-electron chi connectivity index (χ1n) is 6.45. The molecule has 0 aliphatic heterocycles. The molecule has 108 valence electrons. The van der Waals surface area contributed by atoms with E-state index in [0.29, 0.717) is 28.3 Å². The summed E-state index contributed by atoms with van der Waals surface area (Å²) in [5.74, 6) is 0.554. The molecule has 0 aliphatic rings. The lowest BCUT2D eigenvalue weighted by Gasteiger charge is -2.05. The Hall–Kier alpha value is -2.34. The summed E-state index contributed by atoms with van der Waals surface area (Å²) in [6.07, 6.45) is 1.88. The number of halogens is 1. The Morgan fingerprint density at radius 1 is 1.43 bits per heavy atom. The van der Waals surface area contributed by atoms with Gasteiger partial charge in [-0.3, -0.25) is 9.48 Å². The second-order valence-corrected chi connectivity index (χ2v) is 5.27. The van der Waals surface area contributed by atoms with E-state index in [-0.39, 0.29) is 5.56 Å². The number of hydrogen-bond donors (Lipinski definition) is 2. The lowest BCUT2D eigenvalue weighted by molar-refractivity contribution is 0.756. The fraction of sp³-hybridized carbons (Fsp3) is 0.214. The van der Waals surface area contributed by atoms with Crippen LogP contribution in [0.25, 0.3) is 10.9 Å². The third kappa shape index (κ3) is 2.75. The van der Waals surface area contributed by atoms with E-state index in [1.165, 1.54) is 0 Å². The van der Waals surface area contributed by atoms with Crippen molar-refractivity contribution in [1.82, 2.24) is 19.7 Å². The molecule has 7 heteroatoms. The molecule has 0 bridgehead atoms. The monoisotopic (exact) mass is 303 g/mol. The average Bonchev–Trinajstić information content (AvgIpc) is 2.74. The van der Waals surface area contributed by atoms with Crippen LogP contribution >= 0.6 is 11.6 Å². The second kappa shape index (κ2) is 5.21. The minimum absolute atomic E-state index is 0.170. The van der Waals surface area contributed by atoms with E-state index in [1.54, 1.807) is 22.9 Å². The molecule has 3 rings (SSSR count). The van der Waals surface area contributed by atoms with Gasteiger partial charge in [-0.15, -0.1) is 0 Å². The quantitative estimate of drug-likeness (QED) is 0.778. The summed E-state index contributed by atoms with van der Waals surface area (Å²) in [5, 5.41) is 8.54. The molecule has 2 aromatic heterocycles. The van der Waals surface area contributed by atoms with Crippen LogP contribution in [-0.2, 0) is 13.6 Å². The average molecular weight is 304 g/mol. The largest absolute Gasteiger partial charge is 0.375 e. The van der Waals surface area contributed by atoms with E-state index in [4.69, 9.17) is 11.6 Å². The maximum absolute atomic E-state index is 12.0. The van der Waals surface area contributed by atoms with Gasteiger partial charge < -0.3 is 10.3 Å². The number of benzene rings is 1. The SMILES string of the molecule is Cc1nn(C)cc1NCc1nc2cc(Cl)ccc2c(=O)[nH]1. The van der Waals surface area contributed by atoms with Crippen LogP contribution in [0.1, 0.15) is 11.5 Å². The van der Waals surface area contributed by atoms with Gasteiger partial charge in [-0.1, -0.05) is 11.6 Å². The highest BCUT2D eigenvalue weighted by Gasteiger charge is 2.06. The zero-order valence-electron chi connectivity index (χ0n) is 11.6. The normalized spacial score (nSPS) is 11.0. The number of aryl methyl sites for hydroxylation is 2. The van der Waals surface area contributed by atoms with Crippen LogP contribution in [0.3, 0.4) is 0 Å². The summed E-state index contributed by atoms with van der Waals surface area (Å²) >= 11 is 5.94. The predicted molar refractivity (Wildman–Crippen MR) is 82.6 cm³/mol. The molecule has 0 fully saturated rings. The molecule has 2 heterocycles. The number of hydrogen-bond acceptors (Lipinski definition) is 4.